The monoisotopic (exact) mass is 492 g/mol. The highest BCUT2D eigenvalue weighted by atomic mass is 16.5. The highest BCUT2D eigenvalue weighted by Gasteiger charge is 2.30. The molecule has 9 heteroatoms. The smallest absolute Gasteiger partial charge is 0.234 e. The zero-order chi connectivity index (χ0) is 26.4. The van der Waals surface area contributed by atoms with E-state index in [1.54, 1.807) is 0 Å². The Hall–Kier alpha value is -4.66. The molecule has 0 aliphatic heterocycles. The predicted octanol–water partition coefficient (Wildman–Crippen LogP) is 3.86. The third kappa shape index (κ3) is 5.05. The Balaban J connectivity index is 2.09. The summed E-state index contributed by atoms with van der Waals surface area (Å²) in [7, 11) is 6.98. The van der Waals surface area contributed by atoms with Crippen molar-refractivity contribution in [3.63, 3.8) is 0 Å². The van der Waals surface area contributed by atoms with Crippen LogP contribution in [0.1, 0.15) is 41.4 Å². The molecule has 186 valence electrons. The number of benzene rings is 3. The number of hydrogen-bond donors (Lipinski definition) is 0. The van der Waals surface area contributed by atoms with E-state index in [1.165, 1.54) is 90.1 Å². The van der Waals surface area contributed by atoms with Crippen molar-refractivity contribution in [2.24, 2.45) is 0 Å². The lowest BCUT2D eigenvalue weighted by Crippen LogP contribution is -2.22. The van der Waals surface area contributed by atoms with Crippen LogP contribution in [0.2, 0.25) is 0 Å². The highest BCUT2D eigenvalue weighted by molar-refractivity contribution is 6.54. The van der Waals surface area contributed by atoms with Gasteiger partial charge in [0.25, 0.3) is 0 Å². The number of methoxy groups -OCH3 is 5. The van der Waals surface area contributed by atoms with Crippen LogP contribution in [-0.4, -0.2) is 58.7 Å². The summed E-state index contributed by atoms with van der Waals surface area (Å²) in [5.41, 5.74) is -0.515. The van der Waals surface area contributed by atoms with E-state index in [1.807, 2.05) is 0 Å². The molecule has 9 nitrogen and oxygen atoms in total. The second kappa shape index (κ2) is 11.2. The molecule has 0 atom stereocenters. The number of Topliss-reactive ketones (excluding diaryl/α,β-unsaturated/α-hetero) is 4. The molecule has 0 aromatic heterocycles. The molecule has 0 aliphatic rings. The van der Waals surface area contributed by atoms with Gasteiger partial charge in [-0.25, -0.2) is 0 Å². The molecule has 0 fully saturated rings. The molecule has 0 heterocycles. The second-order valence-corrected chi connectivity index (χ2v) is 7.37. The standard InChI is InChI=1S/C27H24O9/c1-32-17-9-6-15(7-10-17)24(28)26(30)18-13-22(35-4)23(36-5)14-19(18)27(31)25(29)16-8-11-20(33-2)21(12-16)34-3/h6-14H,1-5H3. The van der Waals surface area contributed by atoms with E-state index in [-0.39, 0.29) is 39.5 Å². The van der Waals surface area contributed by atoms with Gasteiger partial charge in [0.05, 0.1) is 35.5 Å². The van der Waals surface area contributed by atoms with Crippen molar-refractivity contribution >= 4 is 23.1 Å². The average molecular weight is 492 g/mol. The van der Waals surface area contributed by atoms with Crippen LogP contribution in [-0.2, 0) is 0 Å². The van der Waals surface area contributed by atoms with Crippen LogP contribution in [0.25, 0.3) is 0 Å². The maximum Gasteiger partial charge on any atom is 0.234 e. The van der Waals surface area contributed by atoms with E-state index in [2.05, 4.69) is 0 Å². The minimum Gasteiger partial charge on any atom is -0.497 e. The summed E-state index contributed by atoms with van der Waals surface area (Å²) in [6.45, 7) is 0. The maximum atomic E-state index is 13.3. The first-order valence-corrected chi connectivity index (χ1v) is 10.6. The van der Waals surface area contributed by atoms with Gasteiger partial charge < -0.3 is 23.7 Å². The largest absolute Gasteiger partial charge is 0.497 e. The van der Waals surface area contributed by atoms with Crippen molar-refractivity contribution in [3.8, 4) is 28.7 Å². The van der Waals surface area contributed by atoms with Crippen molar-refractivity contribution in [1.29, 1.82) is 0 Å². The van der Waals surface area contributed by atoms with Gasteiger partial charge in [0.1, 0.15) is 5.75 Å². The van der Waals surface area contributed by atoms with E-state index >= 15 is 0 Å². The van der Waals surface area contributed by atoms with Gasteiger partial charge in [-0.3, -0.25) is 19.2 Å². The fourth-order valence-corrected chi connectivity index (χ4v) is 3.48. The first-order valence-electron chi connectivity index (χ1n) is 10.6. The van der Waals surface area contributed by atoms with Crippen molar-refractivity contribution in [2.75, 3.05) is 35.5 Å². The van der Waals surface area contributed by atoms with Crippen LogP contribution in [0.4, 0.5) is 0 Å². The number of rotatable bonds is 11. The van der Waals surface area contributed by atoms with E-state index in [0.29, 0.717) is 11.5 Å². The maximum absolute atomic E-state index is 13.3. The van der Waals surface area contributed by atoms with Gasteiger partial charge in [-0.2, -0.15) is 0 Å². The molecule has 0 unspecified atom stereocenters. The quantitative estimate of drug-likeness (QED) is 0.291. The second-order valence-electron chi connectivity index (χ2n) is 7.37. The van der Waals surface area contributed by atoms with Crippen molar-refractivity contribution < 1.29 is 42.9 Å². The van der Waals surface area contributed by atoms with Crippen molar-refractivity contribution in [3.05, 3.63) is 76.9 Å². The summed E-state index contributed by atoms with van der Waals surface area (Å²) < 4.78 is 25.9. The predicted molar refractivity (Wildman–Crippen MR) is 129 cm³/mol. The van der Waals surface area contributed by atoms with Crippen LogP contribution in [0.5, 0.6) is 28.7 Å². The number of ketones is 4. The molecule has 0 N–H and O–H groups in total. The minimum absolute atomic E-state index is 0.00677. The van der Waals surface area contributed by atoms with Gasteiger partial charge in [0, 0.05) is 22.3 Å². The summed E-state index contributed by atoms with van der Waals surface area (Å²) in [4.78, 5) is 52.7. The highest BCUT2D eigenvalue weighted by Crippen LogP contribution is 2.33. The number of carbonyl (C=O) groups excluding carboxylic acids is 4. The van der Waals surface area contributed by atoms with Crippen LogP contribution in [0.3, 0.4) is 0 Å². The molecule has 3 aromatic carbocycles. The third-order valence-electron chi connectivity index (χ3n) is 5.42. The van der Waals surface area contributed by atoms with Crippen LogP contribution in [0, 0.1) is 0 Å². The van der Waals surface area contributed by atoms with Gasteiger partial charge in [0.15, 0.2) is 23.0 Å². The van der Waals surface area contributed by atoms with Gasteiger partial charge >= 0.3 is 0 Å². The van der Waals surface area contributed by atoms with Crippen molar-refractivity contribution in [2.45, 2.75) is 0 Å². The average Bonchev–Trinajstić information content (AvgIpc) is 2.94. The fourth-order valence-electron chi connectivity index (χ4n) is 3.48. The third-order valence-corrected chi connectivity index (χ3v) is 5.42. The Morgan fingerprint density at radius 1 is 0.444 bits per heavy atom. The summed E-state index contributed by atoms with van der Waals surface area (Å²) in [5.74, 6) is -2.48. The minimum atomic E-state index is -1.02. The van der Waals surface area contributed by atoms with E-state index in [9.17, 15) is 19.2 Å². The Morgan fingerprint density at radius 3 is 1.31 bits per heavy atom. The molecule has 0 radical (unpaired) electrons. The van der Waals surface area contributed by atoms with Crippen LogP contribution < -0.4 is 23.7 Å². The van der Waals surface area contributed by atoms with Gasteiger partial charge in [-0.05, 0) is 54.6 Å². The summed E-state index contributed by atoms with van der Waals surface area (Å²) >= 11 is 0. The zero-order valence-corrected chi connectivity index (χ0v) is 20.4. The normalized spacial score (nSPS) is 10.2. The molecule has 0 amide bonds. The lowest BCUT2D eigenvalue weighted by molar-refractivity contribution is 0.0800. The molecule has 3 rings (SSSR count). The molecule has 0 bridgehead atoms. The SMILES string of the molecule is COc1ccc(C(=O)C(=O)c2cc(OC)c(OC)cc2C(=O)C(=O)c2ccc(OC)c(OC)c2)cc1. The van der Waals surface area contributed by atoms with E-state index < -0.39 is 23.1 Å². The lowest BCUT2D eigenvalue weighted by Gasteiger charge is -2.14. The van der Waals surface area contributed by atoms with Crippen LogP contribution in [0.15, 0.2) is 54.6 Å². The van der Waals surface area contributed by atoms with Gasteiger partial charge in [-0.1, -0.05) is 0 Å². The lowest BCUT2D eigenvalue weighted by atomic mass is 9.92. The molecule has 36 heavy (non-hydrogen) atoms. The summed E-state index contributed by atoms with van der Waals surface area (Å²) in [6, 6.07) is 12.5. The van der Waals surface area contributed by atoms with Gasteiger partial charge in [0.2, 0.25) is 23.1 Å². The van der Waals surface area contributed by atoms with E-state index in [4.69, 9.17) is 23.7 Å². The topological polar surface area (TPSA) is 114 Å². The first kappa shape index (κ1) is 26.0. The van der Waals surface area contributed by atoms with Gasteiger partial charge in [-0.15, -0.1) is 0 Å². The molecule has 0 spiro atoms. The zero-order valence-electron chi connectivity index (χ0n) is 20.4. The first-order chi connectivity index (χ1) is 17.3. The Kier molecular flexibility index (Phi) is 8.06. The summed E-state index contributed by atoms with van der Waals surface area (Å²) in [6.07, 6.45) is 0. The van der Waals surface area contributed by atoms with E-state index in [0.717, 1.165) is 0 Å². The molecular weight excluding hydrogens is 468 g/mol. The Morgan fingerprint density at radius 2 is 0.861 bits per heavy atom. The summed E-state index contributed by atoms with van der Waals surface area (Å²) in [5, 5.41) is 0. The fraction of sp³-hybridized carbons (Fsp3) is 0.185. The number of hydrogen-bond acceptors (Lipinski definition) is 9. The molecule has 0 saturated heterocycles. The number of carbonyl (C=O) groups is 4. The molecule has 0 aliphatic carbocycles. The van der Waals surface area contributed by atoms with Crippen LogP contribution >= 0.6 is 0 Å². The molecule has 3 aromatic rings. The molecular formula is C27H24O9. The Bertz CT molecular complexity index is 1320. The Labute approximate surface area is 207 Å². The molecule has 0 saturated carbocycles. The van der Waals surface area contributed by atoms with Crippen molar-refractivity contribution in [1.82, 2.24) is 0 Å². The number of ether oxygens (including phenoxy) is 5.